The Bertz CT molecular complexity index is 879. The van der Waals surface area contributed by atoms with E-state index in [1.165, 1.54) is 7.11 Å². The van der Waals surface area contributed by atoms with E-state index in [-0.39, 0.29) is 23.7 Å². The summed E-state index contributed by atoms with van der Waals surface area (Å²) in [6.45, 7) is 3.25. The Balaban J connectivity index is 1.35. The molecule has 2 heterocycles. The number of methoxy groups -OCH3 is 1. The van der Waals surface area contributed by atoms with Gasteiger partial charge in [0.15, 0.2) is 11.5 Å². The van der Waals surface area contributed by atoms with Crippen LogP contribution in [0.4, 0.5) is 0 Å². The highest BCUT2D eigenvalue weighted by molar-refractivity contribution is 6.31. The number of hydrogen-bond donors (Lipinski definition) is 0. The summed E-state index contributed by atoms with van der Waals surface area (Å²) in [7, 11) is 1.40. The van der Waals surface area contributed by atoms with Crippen LogP contribution >= 0.6 is 11.6 Å². The number of aromatic nitrogens is 1. The molecule has 1 aliphatic carbocycles. The Morgan fingerprint density at radius 3 is 2.67 bits per heavy atom. The molecule has 144 valence electrons. The van der Waals surface area contributed by atoms with Crippen LogP contribution in [-0.4, -0.2) is 42.0 Å². The van der Waals surface area contributed by atoms with Crippen LogP contribution in [0.3, 0.4) is 0 Å². The van der Waals surface area contributed by atoms with Crippen LogP contribution in [0.25, 0.3) is 11.1 Å². The number of halogens is 1. The van der Waals surface area contributed by atoms with Crippen molar-refractivity contribution in [3.05, 3.63) is 29.1 Å². The minimum atomic E-state index is -0.507. The van der Waals surface area contributed by atoms with Gasteiger partial charge in [0.05, 0.1) is 12.5 Å². The molecule has 27 heavy (non-hydrogen) atoms. The molecule has 4 rings (SSSR count). The molecular formula is C20H23ClN2O4. The molecule has 2 aromatic rings. The van der Waals surface area contributed by atoms with Gasteiger partial charge < -0.3 is 14.1 Å². The number of ether oxygens (including phenoxy) is 1. The second-order valence-electron chi connectivity index (χ2n) is 7.92. The highest BCUT2D eigenvalue weighted by atomic mass is 35.5. The van der Waals surface area contributed by atoms with E-state index in [0.29, 0.717) is 31.0 Å². The third kappa shape index (κ3) is 3.31. The number of rotatable bonds is 3. The Kier molecular flexibility index (Phi) is 4.62. The summed E-state index contributed by atoms with van der Waals surface area (Å²) in [6.07, 6.45) is 2.80. The normalized spacial score (nSPS) is 26.0. The highest BCUT2D eigenvalue weighted by Gasteiger charge is 2.51. The largest absolute Gasteiger partial charge is 0.469 e. The molecule has 1 amide bonds. The van der Waals surface area contributed by atoms with Crippen molar-refractivity contribution in [3.8, 4) is 0 Å². The maximum atomic E-state index is 12.7. The standard InChI is InChI=1S/C20H23ClN2O4/c1-20(19(25)26-2)10-13(11-20)18(24)23-7-5-12(6-8-23)17-22-15-9-14(21)3-4-16(15)27-17/h3-4,9,12-13H,5-8,10-11H2,1-2H3. The zero-order valence-corrected chi connectivity index (χ0v) is 16.3. The van der Waals surface area contributed by atoms with Gasteiger partial charge in [0, 0.05) is 29.9 Å². The molecule has 1 aliphatic heterocycles. The van der Waals surface area contributed by atoms with Crippen LogP contribution in [0.5, 0.6) is 0 Å². The van der Waals surface area contributed by atoms with Crippen LogP contribution in [0.2, 0.25) is 5.02 Å². The Hall–Kier alpha value is -2.08. The summed E-state index contributed by atoms with van der Waals surface area (Å²) in [6, 6.07) is 5.43. The van der Waals surface area contributed by atoms with Crippen LogP contribution in [0, 0.1) is 11.3 Å². The molecule has 1 aromatic carbocycles. The van der Waals surface area contributed by atoms with Crippen molar-refractivity contribution in [1.29, 1.82) is 0 Å². The maximum Gasteiger partial charge on any atom is 0.311 e. The number of piperidine rings is 1. The lowest BCUT2D eigenvalue weighted by molar-refractivity contribution is -0.165. The molecule has 0 N–H and O–H groups in total. The summed E-state index contributed by atoms with van der Waals surface area (Å²) >= 11 is 6.01. The third-order valence-corrected chi connectivity index (χ3v) is 6.18. The average molecular weight is 391 g/mol. The lowest BCUT2D eigenvalue weighted by Gasteiger charge is -2.44. The fourth-order valence-corrected chi connectivity index (χ4v) is 4.48. The predicted molar refractivity (Wildman–Crippen MR) is 100 cm³/mol. The maximum absolute atomic E-state index is 12.7. The highest BCUT2D eigenvalue weighted by Crippen LogP contribution is 2.47. The summed E-state index contributed by atoms with van der Waals surface area (Å²) in [5.41, 5.74) is 1.00. The molecule has 0 atom stereocenters. The third-order valence-electron chi connectivity index (χ3n) is 5.94. The van der Waals surface area contributed by atoms with Crippen LogP contribution < -0.4 is 0 Å². The Labute approximate surface area is 162 Å². The lowest BCUT2D eigenvalue weighted by atomic mass is 9.62. The van der Waals surface area contributed by atoms with Gasteiger partial charge in [-0.2, -0.15) is 0 Å². The topological polar surface area (TPSA) is 72.6 Å². The van der Waals surface area contributed by atoms with Gasteiger partial charge in [-0.25, -0.2) is 4.98 Å². The van der Waals surface area contributed by atoms with Crippen LogP contribution in [0.1, 0.15) is 44.4 Å². The number of benzene rings is 1. The van der Waals surface area contributed by atoms with E-state index in [0.717, 1.165) is 29.8 Å². The SMILES string of the molecule is COC(=O)C1(C)CC(C(=O)N2CCC(c3nc4cc(Cl)ccc4o3)CC2)C1. The zero-order chi connectivity index (χ0) is 19.2. The van der Waals surface area contributed by atoms with E-state index in [1.54, 1.807) is 12.1 Å². The molecule has 2 aliphatic rings. The minimum absolute atomic E-state index is 0.0721. The second-order valence-corrected chi connectivity index (χ2v) is 8.36. The molecule has 1 aromatic heterocycles. The lowest BCUT2D eigenvalue weighted by Crippen LogP contribution is -2.51. The number of fused-ring (bicyclic) bond motifs is 1. The summed E-state index contributed by atoms with van der Waals surface area (Å²) in [5, 5.41) is 0.641. The van der Waals surface area contributed by atoms with E-state index in [2.05, 4.69) is 4.98 Å². The molecule has 7 heteroatoms. The van der Waals surface area contributed by atoms with E-state index in [4.69, 9.17) is 20.8 Å². The average Bonchev–Trinajstić information content (AvgIpc) is 3.07. The number of oxazole rings is 1. The number of esters is 1. The van der Waals surface area contributed by atoms with Crippen molar-refractivity contribution in [1.82, 2.24) is 9.88 Å². The van der Waals surface area contributed by atoms with Gasteiger partial charge in [-0.15, -0.1) is 0 Å². The molecule has 6 nitrogen and oxygen atoms in total. The van der Waals surface area contributed by atoms with E-state index in [1.807, 2.05) is 17.9 Å². The fraction of sp³-hybridized carbons (Fsp3) is 0.550. The molecule has 0 unspecified atom stereocenters. The first-order chi connectivity index (χ1) is 12.9. The van der Waals surface area contributed by atoms with Gasteiger partial charge in [-0.1, -0.05) is 11.6 Å². The number of amides is 1. The van der Waals surface area contributed by atoms with Crippen molar-refractivity contribution in [2.45, 2.75) is 38.5 Å². The molecule has 1 saturated heterocycles. The molecule has 2 fully saturated rings. The van der Waals surface area contributed by atoms with Gasteiger partial charge in [0.25, 0.3) is 0 Å². The number of carbonyl (C=O) groups excluding carboxylic acids is 2. The van der Waals surface area contributed by atoms with Crippen LogP contribution in [0.15, 0.2) is 22.6 Å². The number of hydrogen-bond acceptors (Lipinski definition) is 5. The molecule has 1 saturated carbocycles. The molecule has 0 bridgehead atoms. The number of nitrogens with zero attached hydrogens (tertiary/aromatic N) is 2. The number of likely N-dealkylation sites (tertiary alicyclic amines) is 1. The minimum Gasteiger partial charge on any atom is -0.469 e. The summed E-state index contributed by atoms with van der Waals surface area (Å²) < 4.78 is 10.7. The van der Waals surface area contributed by atoms with Crippen molar-refractivity contribution < 1.29 is 18.7 Å². The predicted octanol–water partition coefficient (Wildman–Crippen LogP) is 3.78. The fourth-order valence-electron chi connectivity index (χ4n) is 4.31. The van der Waals surface area contributed by atoms with Crippen molar-refractivity contribution >= 4 is 34.6 Å². The monoisotopic (exact) mass is 390 g/mol. The van der Waals surface area contributed by atoms with Gasteiger partial charge in [0.2, 0.25) is 5.91 Å². The van der Waals surface area contributed by atoms with Gasteiger partial charge in [0.1, 0.15) is 5.52 Å². The van der Waals surface area contributed by atoms with E-state index < -0.39 is 5.41 Å². The Morgan fingerprint density at radius 2 is 2.00 bits per heavy atom. The Morgan fingerprint density at radius 1 is 1.30 bits per heavy atom. The smallest absolute Gasteiger partial charge is 0.311 e. The first-order valence-electron chi connectivity index (χ1n) is 9.33. The van der Waals surface area contributed by atoms with Gasteiger partial charge >= 0.3 is 5.97 Å². The van der Waals surface area contributed by atoms with E-state index in [9.17, 15) is 9.59 Å². The van der Waals surface area contributed by atoms with Crippen LogP contribution in [-0.2, 0) is 14.3 Å². The zero-order valence-electron chi connectivity index (χ0n) is 15.5. The van der Waals surface area contributed by atoms with Crippen molar-refractivity contribution in [3.63, 3.8) is 0 Å². The van der Waals surface area contributed by atoms with Crippen molar-refractivity contribution in [2.75, 3.05) is 20.2 Å². The quantitative estimate of drug-likeness (QED) is 0.746. The van der Waals surface area contributed by atoms with Gasteiger partial charge in [-0.05, 0) is 50.8 Å². The first-order valence-corrected chi connectivity index (χ1v) is 9.70. The van der Waals surface area contributed by atoms with E-state index >= 15 is 0 Å². The molecule has 0 radical (unpaired) electrons. The second kappa shape index (κ2) is 6.82. The number of carbonyl (C=O) groups is 2. The molecular weight excluding hydrogens is 368 g/mol. The first kappa shape index (κ1) is 18.3. The van der Waals surface area contributed by atoms with Crippen molar-refractivity contribution in [2.24, 2.45) is 11.3 Å². The summed E-state index contributed by atoms with van der Waals surface area (Å²) in [4.78, 5) is 31.0. The summed E-state index contributed by atoms with van der Waals surface area (Å²) in [5.74, 6) is 0.792. The van der Waals surface area contributed by atoms with Gasteiger partial charge in [-0.3, -0.25) is 9.59 Å². The molecule has 0 spiro atoms.